The zero-order valence-electron chi connectivity index (χ0n) is 8.42. The minimum Gasteiger partial charge on any atom is -0.269 e. The quantitative estimate of drug-likeness (QED) is 0.517. The summed E-state index contributed by atoms with van der Waals surface area (Å²) < 4.78 is 0. The van der Waals surface area contributed by atoms with Crippen molar-refractivity contribution in [3.8, 4) is 0 Å². The van der Waals surface area contributed by atoms with E-state index in [1.165, 1.54) is 32.1 Å². The SMILES string of the molecule is CCCCCC1CC(C)CN1N. The Hall–Kier alpha value is -0.0800. The van der Waals surface area contributed by atoms with Crippen LogP contribution in [0.4, 0.5) is 0 Å². The van der Waals surface area contributed by atoms with Gasteiger partial charge in [0.05, 0.1) is 0 Å². The Bertz CT molecular complexity index is 125. The largest absolute Gasteiger partial charge is 0.269 e. The van der Waals surface area contributed by atoms with E-state index in [2.05, 4.69) is 13.8 Å². The first-order chi connectivity index (χ1) is 5.74. The molecule has 2 nitrogen and oxygen atoms in total. The van der Waals surface area contributed by atoms with Gasteiger partial charge >= 0.3 is 0 Å². The van der Waals surface area contributed by atoms with Crippen LogP contribution in [0.3, 0.4) is 0 Å². The van der Waals surface area contributed by atoms with Crippen LogP contribution in [-0.4, -0.2) is 17.6 Å². The van der Waals surface area contributed by atoms with Crippen molar-refractivity contribution in [2.24, 2.45) is 11.8 Å². The van der Waals surface area contributed by atoms with E-state index in [1.807, 2.05) is 5.01 Å². The van der Waals surface area contributed by atoms with Gasteiger partial charge in [0, 0.05) is 12.6 Å². The summed E-state index contributed by atoms with van der Waals surface area (Å²) in [7, 11) is 0. The van der Waals surface area contributed by atoms with Crippen LogP contribution in [0.25, 0.3) is 0 Å². The van der Waals surface area contributed by atoms with E-state index in [0.29, 0.717) is 6.04 Å². The van der Waals surface area contributed by atoms with Crippen molar-refractivity contribution in [2.75, 3.05) is 6.54 Å². The average Bonchev–Trinajstić information content (AvgIpc) is 2.31. The van der Waals surface area contributed by atoms with Crippen molar-refractivity contribution in [3.63, 3.8) is 0 Å². The van der Waals surface area contributed by atoms with Gasteiger partial charge < -0.3 is 0 Å². The van der Waals surface area contributed by atoms with Gasteiger partial charge in [-0.25, -0.2) is 5.01 Å². The second-order valence-corrected chi connectivity index (χ2v) is 4.19. The molecule has 2 atom stereocenters. The number of hydrogen-bond acceptors (Lipinski definition) is 2. The van der Waals surface area contributed by atoms with E-state index in [9.17, 15) is 0 Å². The average molecular weight is 170 g/mol. The molecule has 12 heavy (non-hydrogen) atoms. The van der Waals surface area contributed by atoms with Crippen LogP contribution < -0.4 is 5.84 Å². The van der Waals surface area contributed by atoms with Crippen molar-refractivity contribution < 1.29 is 0 Å². The normalized spacial score (nSPS) is 31.2. The zero-order chi connectivity index (χ0) is 8.97. The fourth-order valence-electron chi connectivity index (χ4n) is 2.10. The molecule has 0 aromatic rings. The third kappa shape index (κ3) is 2.76. The molecule has 2 heteroatoms. The Kier molecular flexibility index (Phi) is 4.02. The summed E-state index contributed by atoms with van der Waals surface area (Å²) in [6.45, 7) is 5.63. The summed E-state index contributed by atoms with van der Waals surface area (Å²) in [5, 5.41) is 2.04. The lowest BCUT2D eigenvalue weighted by molar-refractivity contribution is 0.243. The Labute approximate surface area is 76.1 Å². The molecule has 1 fully saturated rings. The molecule has 0 aromatic heterocycles. The fraction of sp³-hybridized carbons (Fsp3) is 1.00. The lowest BCUT2D eigenvalue weighted by Crippen LogP contribution is -2.35. The first-order valence-electron chi connectivity index (χ1n) is 5.25. The van der Waals surface area contributed by atoms with E-state index < -0.39 is 0 Å². The molecule has 0 bridgehead atoms. The van der Waals surface area contributed by atoms with E-state index in [-0.39, 0.29) is 0 Å². The molecular weight excluding hydrogens is 148 g/mol. The number of nitrogens with two attached hydrogens (primary N) is 1. The highest BCUT2D eigenvalue weighted by Crippen LogP contribution is 2.23. The standard InChI is InChI=1S/C10H22N2/c1-3-4-5-6-10-7-9(2)8-12(10)11/h9-10H,3-8,11H2,1-2H3. The molecule has 72 valence electrons. The Balaban J connectivity index is 2.15. The van der Waals surface area contributed by atoms with Crippen LogP contribution >= 0.6 is 0 Å². The summed E-state index contributed by atoms with van der Waals surface area (Å²) in [6.07, 6.45) is 6.63. The minimum absolute atomic E-state index is 0.673. The van der Waals surface area contributed by atoms with Gasteiger partial charge in [0.25, 0.3) is 0 Å². The maximum Gasteiger partial charge on any atom is 0.0244 e. The van der Waals surface area contributed by atoms with Gasteiger partial charge in [-0.3, -0.25) is 5.84 Å². The monoisotopic (exact) mass is 170 g/mol. The molecule has 0 spiro atoms. The molecule has 0 amide bonds. The first kappa shape index (κ1) is 10.0. The van der Waals surface area contributed by atoms with Gasteiger partial charge in [-0.15, -0.1) is 0 Å². The third-order valence-corrected chi connectivity index (χ3v) is 2.81. The molecule has 0 aliphatic carbocycles. The number of rotatable bonds is 4. The topological polar surface area (TPSA) is 29.3 Å². The molecule has 1 saturated heterocycles. The molecule has 0 saturated carbocycles. The predicted octanol–water partition coefficient (Wildman–Crippen LogP) is 2.15. The molecule has 1 aliphatic heterocycles. The number of unbranched alkanes of at least 4 members (excludes halogenated alkanes) is 2. The molecule has 2 unspecified atom stereocenters. The molecule has 1 aliphatic rings. The van der Waals surface area contributed by atoms with Crippen molar-refractivity contribution in [2.45, 2.75) is 52.0 Å². The first-order valence-corrected chi connectivity index (χ1v) is 5.25. The summed E-state index contributed by atoms with van der Waals surface area (Å²) in [6, 6.07) is 0.673. The minimum atomic E-state index is 0.673. The molecule has 0 aromatic carbocycles. The summed E-state index contributed by atoms with van der Waals surface area (Å²) in [5.41, 5.74) is 0. The van der Waals surface area contributed by atoms with Crippen molar-refractivity contribution in [3.05, 3.63) is 0 Å². The fourth-order valence-corrected chi connectivity index (χ4v) is 2.10. The Morgan fingerprint density at radius 2 is 2.17 bits per heavy atom. The van der Waals surface area contributed by atoms with E-state index >= 15 is 0 Å². The molecule has 1 rings (SSSR count). The predicted molar refractivity (Wildman–Crippen MR) is 52.6 cm³/mol. The van der Waals surface area contributed by atoms with Gasteiger partial charge in [-0.05, 0) is 18.8 Å². The van der Waals surface area contributed by atoms with Crippen LogP contribution in [0.15, 0.2) is 0 Å². The van der Waals surface area contributed by atoms with Gasteiger partial charge in [-0.1, -0.05) is 33.1 Å². The smallest absolute Gasteiger partial charge is 0.0244 e. The van der Waals surface area contributed by atoms with E-state index in [4.69, 9.17) is 5.84 Å². The van der Waals surface area contributed by atoms with Crippen LogP contribution in [0.5, 0.6) is 0 Å². The maximum absolute atomic E-state index is 5.88. The summed E-state index contributed by atoms with van der Waals surface area (Å²) in [4.78, 5) is 0. The second-order valence-electron chi connectivity index (χ2n) is 4.19. The maximum atomic E-state index is 5.88. The van der Waals surface area contributed by atoms with Gasteiger partial charge in [0.1, 0.15) is 0 Å². The van der Waals surface area contributed by atoms with Crippen molar-refractivity contribution >= 4 is 0 Å². The third-order valence-electron chi connectivity index (χ3n) is 2.81. The molecule has 0 radical (unpaired) electrons. The van der Waals surface area contributed by atoms with Crippen LogP contribution in [0, 0.1) is 5.92 Å². The Morgan fingerprint density at radius 3 is 2.67 bits per heavy atom. The highest BCUT2D eigenvalue weighted by Gasteiger charge is 2.26. The van der Waals surface area contributed by atoms with Gasteiger partial charge in [0.15, 0.2) is 0 Å². The van der Waals surface area contributed by atoms with Crippen LogP contribution in [0.1, 0.15) is 46.0 Å². The van der Waals surface area contributed by atoms with Crippen molar-refractivity contribution in [1.29, 1.82) is 0 Å². The van der Waals surface area contributed by atoms with Crippen LogP contribution in [-0.2, 0) is 0 Å². The van der Waals surface area contributed by atoms with E-state index in [0.717, 1.165) is 12.5 Å². The second kappa shape index (κ2) is 4.83. The zero-order valence-corrected chi connectivity index (χ0v) is 8.42. The molecular formula is C10H22N2. The number of hydrogen-bond donors (Lipinski definition) is 1. The lowest BCUT2D eigenvalue weighted by atomic mass is 10.0. The van der Waals surface area contributed by atoms with Gasteiger partial charge in [0.2, 0.25) is 0 Å². The highest BCUT2D eigenvalue weighted by molar-refractivity contribution is 4.79. The van der Waals surface area contributed by atoms with Crippen LogP contribution in [0.2, 0.25) is 0 Å². The summed E-state index contributed by atoms with van der Waals surface area (Å²) >= 11 is 0. The van der Waals surface area contributed by atoms with Crippen molar-refractivity contribution in [1.82, 2.24) is 5.01 Å². The summed E-state index contributed by atoms with van der Waals surface area (Å²) in [5.74, 6) is 6.69. The lowest BCUT2D eigenvalue weighted by Gasteiger charge is -2.18. The molecule has 1 heterocycles. The van der Waals surface area contributed by atoms with Gasteiger partial charge in [-0.2, -0.15) is 0 Å². The number of nitrogens with zero attached hydrogens (tertiary/aromatic N) is 1. The number of hydrazine groups is 1. The van der Waals surface area contributed by atoms with E-state index in [1.54, 1.807) is 0 Å². The Morgan fingerprint density at radius 1 is 1.42 bits per heavy atom. The highest BCUT2D eigenvalue weighted by atomic mass is 15.4. The molecule has 2 N–H and O–H groups in total.